The lowest BCUT2D eigenvalue weighted by molar-refractivity contribution is -0.219. The average molecular weight is 612 g/mol. The predicted octanol–water partition coefficient (Wildman–Crippen LogP) is 1.63. The molecule has 43 heavy (non-hydrogen) atoms. The summed E-state index contributed by atoms with van der Waals surface area (Å²) in [7, 11) is -2.00. The number of Topliss-reactive ketones (excluding diaryl/α,β-unsaturated/α-hetero) is 1. The molecule has 3 heterocycles. The van der Waals surface area contributed by atoms with E-state index in [4.69, 9.17) is 15.5 Å². The van der Waals surface area contributed by atoms with Crippen molar-refractivity contribution in [2.45, 2.75) is 43.0 Å². The Morgan fingerprint density at radius 1 is 1.16 bits per heavy atom. The van der Waals surface area contributed by atoms with Crippen LogP contribution in [0.5, 0.6) is 11.5 Å². The summed E-state index contributed by atoms with van der Waals surface area (Å²) in [6, 6.07) is 10.9. The third-order valence-electron chi connectivity index (χ3n) is 8.53. The van der Waals surface area contributed by atoms with Gasteiger partial charge in [0.2, 0.25) is 11.3 Å². The highest BCUT2D eigenvalue weighted by molar-refractivity contribution is 7.89. The Morgan fingerprint density at radius 2 is 1.88 bits per heavy atom. The van der Waals surface area contributed by atoms with Crippen LogP contribution in [-0.4, -0.2) is 72.6 Å². The molecular formula is C29H33N5O8S. The first kappa shape index (κ1) is 29.3. The second kappa shape index (κ2) is 10.1. The highest BCUT2D eigenvalue weighted by atomic mass is 32.2. The summed E-state index contributed by atoms with van der Waals surface area (Å²) in [5, 5.41) is 14.9. The molecule has 0 spiro atoms. The molecule has 0 saturated carbocycles. The van der Waals surface area contributed by atoms with E-state index in [1.165, 1.54) is 28.6 Å². The fourth-order valence-corrected chi connectivity index (χ4v) is 7.61. The van der Waals surface area contributed by atoms with Crippen molar-refractivity contribution in [3.8, 4) is 11.5 Å². The number of aryl methyl sites for hydroxylation is 1. The van der Waals surface area contributed by atoms with E-state index in [1.807, 2.05) is 25.8 Å². The predicted molar refractivity (Wildman–Crippen MR) is 153 cm³/mol. The van der Waals surface area contributed by atoms with Gasteiger partial charge in [-0.2, -0.15) is 10.2 Å². The van der Waals surface area contributed by atoms with E-state index >= 15 is 0 Å². The Bertz CT molecular complexity index is 1750. The molecule has 3 aromatic rings. The zero-order valence-electron chi connectivity index (χ0n) is 24.1. The maximum absolute atomic E-state index is 14.3. The number of nitrogens with two attached hydrogens (primary N) is 1. The maximum atomic E-state index is 14.3. The van der Waals surface area contributed by atoms with Crippen molar-refractivity contribution in [1.29, 1.82) is 0 Å². The number of rotatable bonds is 7. The maximum Gasteiger partial charge on any atom is 0.274 e. The number of amides is 1. The van der Waals surface area contributed by atoms with E-state index in [0.29, 0.717) is 31.7 Å². The summed E-state index contributed by atoms with van der Waals surface area (Å²) in [5.74, 6) is 1.42. The number of aromatic amines is 1. The summed E-state index contributed by atoms with van der Waals surface area (Å²) in [6.45, 7) is 7.33. The van der Waals surface area contributed by atoms with Gasteiger partial charge in [0.05, 0.1) is 5.56 Å². The number of ether oxygens (including phenoxy) is 1. The van der Waals surface area contributed by atoms with Crippen LogP contribution in [0.1, 0.15) is 62.9 Å². The van der Waals surface area contributed by atoms with E-state index in [9.17, 15) is 23.1 Å². The fraction of sp³-hybridized carbons (Fsp3) is 0.379. The van der Waals surface area contributed by atoms with E-state index in [-0.39, 0.29) is 44.8 Å². The van der Waals surface area contributed by atoms with Crippen molar-refractivity contribution in [3.05, 3.63) is 76.0 Å². The molecule has 6 rings (SSSR count). The first-order chi connectivity index (χ1) is 20.3. The quantitative estimate of drug-likeness (QED) is 0.227. The van der Waals surface area contributed by atoms with Crippen molar-refractivity contribution in [2.24, 2.45) is 5.90 Å². The van der Waals surface area contributed by atoms with Crippen LogP contribution in [0.4, 0.5) is 0 Å². The molecule has 1 aliphatic carbocycles. The number of hydrogen-bond donors (Lipinski definition) is 4. The van der Waals surface area contributed by atoms with Gasteiger partial charge < -0.3 is 29.9 Å². The number of benzene rings is 2. The van der Waals surface area contributed by atoms with Gasteiger partial charge in [0.25, 0.3) is 21.7 Å². The van der Waals surface area contributed by atoms with Gasteiger partial charge in [-0.15, -0.1) is 0 Å². The molecule has 5 N–H and O–H groups in total. The van der Waals surface area contributed by atoms with Crippen LogP contribution in [0.25, 0.3) is 0 Å². The van der Waals surface area contributed by atoms with Gasteiger partial charge >= 0.3 is 0 Å². The van der Waals surface area contributed by atoms with Gasteiger partial charge in [-0.3, -0.25) is 9.59 Å². The number of likely N-dealkylation sites (N-methyl/N-ethyl adjacent to an activating group) is 1. The Kier molecular flexibility index (Phi) is 6.91. The summed E-state index contributed by atoms with van der Waals surface area (Å²) >= 11 is 0. The number of aromatic nitrogens is 1. The van der Waals surface area contributed by atoms with Crippen LogP contribution >= 0.6 is 0 Å². The van der Waals surface area contributed by atoms with E-state index in [0.717, 1.165) is 5.56 Å². The molecule has 228 valence electrons. The van der Waals surface area contributed by atoms with E-state index in [1.54, 1.807) is 25.1 Å². The van der Waals surface area contributed by atoms with Gasteiger partial charge in [-0.1, -0.05) is 43.1 Å². The zero-order chi connectivity index (χ0) is 30.9. The molecule has 2 aromatic carbocycles. The molecule has 2 unspecified atom stereocenters. The topological polar surface area (TPSA) is 177 Å². The zero-order valence-corrected chi connectivity index (χ0v) is 24.9. The standard InChI is InChI=1S/C29H33N5O8S/c1-16(2)18-8-9-20-22(15-18)40-29(37)24-19(6-5-7-21(24)41-42-30)26(35)28(20,29)32-27(36)25-17(3)14-23(31-25)43(38,39)34-12-10-33(4)11-13-34/h5-9,14-16,31,37H,10-13,30H2,1-4H3,(H,32,36). The lowest BCUT2D eigenvalue weighted by Crippen LogP contribution is -2.60. The SMILES string of the molecule is Cc1cc(S(=O)(=O)N2CCN(C)CC2)[nH]c1C(=O)NC12C(=O)c3cccc(OON)c3C1(O)Oc1cc(C(C)C)ccc12. The molecule has 13 nitrogen and oxygen atoms in total. The summed E-state index contributed by atoms with van der Waals surface area (Å²) in [5.41, 5.74) is -0.843. The Hall–Kier alpha value is -3.79. The molecule has 14 heteroatoms. The molecular weight excluding hydrogens is 578 g/mol. The third-order valence-corrected chi connectivity index (χ3v) is 10.3. The monoisotopic (exact) mass is 611 g/mol. The first-order valence-corrected chi connectivity index (χ1v) is 15.3. The highest BCUT2D eigenvalue weighted by Gasteiger charge is 2.73. The minimum Gasteiger partial charge on any atom is -0.454 e. The van der Waals surface area contributed by atoms with Crippen molar-refractivity contribution in [2.75, 3.05) is 33.2 Å². The lowest BCUT2D eigenvalue weighted by atomic mass is 9.82. The smallest absolute Gasteiger partial charge is 0.274 e. The van der Waals surface area contributed by atoms with Gasteiger partial charge in [0.1, 0.15) is 16.5 Å². The van der Waals surface area contributed by atoms with Crippen molar-refractivity contribution in [1.82, 2.24) is 19.5 Å². The second-order valence-electron chi connectivity index (χ2n) is 11.4. The van der Waals surface area contributed by atoms with Crippen molar-refractivity contribution in [3.63, 3.8) is 0 Å². The number of fused-ring (bicyclic) bond motifs is 5. The van der Waals surface area contributed by atoms with Gasteiger partial charge in [-0.05, 0) is 49.2 Å². The van der Waals surface area contributed by atoms with Crippen LogP contribution in [0.2, 0.25) is 0 Å². The number of nitrogens with one attached hydrogen (secondary N) is 2. The minimum atomic E-state index is -3.92. The lowest BCUT2D eigenvalue weighted by Gasteiger charge is -2.34. The van der Waals surface area contributed by atoms with Crippen LogP contribution in [0, 0.1) is 6.92 Å². The fourth-order valence-electron chi connectivity index (χ4n) is 6.13. The molecule has 2 aliphatic heterocycles. The molecule has 0 bridgehead atoms. The number of H-pyrrole nitrogens is 1. The first-order valence-electron chi connectivity index (χ1n) is 13.8. The van der Waals surface area contributed by atoms with Gasteiger partial charge in [0, 0.05) is 37.3 Å². The number of nitrogens with zero attached hydrogens (tertiary/aromatic N) is 2. The number of sulfonamides is 1. The van der Waals surface area contributed by atoms with Crippen LogP contribution < -0.4 is 20.8 Å². The molecule has 0 radical (unpaired) electrons. The number of ketones is 1. The molecule has 2 atom stereocenters. The molecule has 1 saturated heterocycles. The third kappa shape index (κ3) is 4.20. The molecule has 3 aliphatic rings. The number of aliphatic hydroxyl groups is 1. The van der Waals surface area contributed by atoms with Crippen LogP contribution in [-0.2, 0) is 26.3 Å². The molecule has 1 amide bonds. The summed E-state index contributed by atoms with van der Waals surface area (Å²) in [4.78, 5) is 42.5. The average Bonchev–Trinajstić information content (AvgIpc) is 3.54. The minimum absolute atomic E-state index is 0.0254. The Labute approximate surface area is 248 Å². The Morgan fingerprint density at radius 3 is 2.56 bits per heavy atom. The number of carbonyl (C=O) groups is 2. The number of piperazine rings is 1. The summed E-state index contributed by atoms with van der Waals surface area (Å²) in [6.07, 6.45) is 0. The number of hydrogen-bond acceptors (Lipinski definition) is 10. The van der Waals surface area contributed by atoms with Gasteiger partial charge in [-0.25, -0.2) is 8.42 Å². The Balaban J connectivity index is 1.44. The van der Waals surface area contributed by atoms with E-state index in [2.05, 4.69) is 15.3 Å². The molecule has 1 aromatic heterocycles. The van der Waals surface area contributed by atoms with Crippen LogP contribution in [0.15, 0.2) is 47.5 Å². The largest absolute Gasteiger partial charge is 0.454 e. The summed E-state index contributed by atoms with van der Waals surface area (Å²) < 4.78 is 34.3. The van der Waals surface area contributed by atoms with Crippen molar-refractivity contribution >= 4 is 21.7 Å². The normalized spacial score (nSPS) is 23.6. The molecule has 1 fully saturated rings. The van der Waals surface area contributed by atoms with Gasteiger partial charge in [0.15, 0.2) is 5.75 Å². The number of carbonyl (C=O) groups excluding carboxylic acids is 2. The second-order valence-corrected chi connectivity index (χ2v) is 13.4. The van der Waals surface area contributed by atoms with E-state index < -0.39 is 33.0 Å². The highest BCUT2D eigenvalue weighted by Crippen LogP contribution is 2.60. The van der Waals surface area contributed by atoms with Crippen LogP contribution in [0.3, 0.4) is 0 Å². The van der Waals surface area contributed by atoms with Crippen molar-refractivity contribution < 1.29 is 37.7 Å².